The Morgan fingerprint density at radius 2 is 1.81 bits per heavy atom. The second-order valence-electron chi connectivity index (χ2n) is 5.88. The number of halogens is 3. The van der Waals surface area contributed by atoms with Crippen LogP contribution in [-0.4, -0.2) is 34.9 Å². The molecule has 3 N–H and O–H groups in total. The summed E-state index contributed by atoms with van der Waals surface area (Å²) in [5, 5.41) is 10.7. The lowest BCUT2D eigenvalue weighted by Crippen LogP contribution is -2.45. The van der Waals surface area contributed by atoms with Gasteiger partial charge in [-0.15, -0.1) is 13.2 Å². The standard InChI is InChI=1S/C18H20F3N3O3/c19-18(20,21)24(13-7-2-1-3-8-13)16(25)14(15-10-6-12-22-15)9-4-5-11-23-17(26)27/h1-3,6-8,10,12,14,22-23H,4-5,9,11H2,(H,26,27). The van der Waals surface area contributed by atoms with E-state index in [1.165, 1.54) is 24.3 Å². The summed E-state index contributed by atoms with van der Waals surface area (Å²) in [4.78, 5) is 25.9. The van der Waals surface area contributed by atoms with Crippen LogP contribution in [0.4, 0.5) is 23.7 Å². The van der Waals surface area contributed by atoms with Crippen molar-refractivity contribution in [1.29, 1.82) is 0 Å². The Bertz CT molecular complexity index is 733. The lowest BCUT2D eigenvalue weighted by molar-refractivity contribution is -0.151. The van der Waals surface area contributed by atoms with E-state index in [9.17, 15) is 22.8 Å². The molecule has 0 bridgehead atoms. The van der Waals surface area contributed by atoms with Crippen LogP contribution >= 0.6 is 0 Å². The molecule has 27 heavy (non-hydrogen) atoms. The van der Waals surface area contributed by atoms with E-state index in [1.807, 2.05) is 0 Å². The molecule has 0 saturated heterocycles. The normalized spacial score (nSPS) is 12.4. The van der Waals surface area contributed by atoms with Crippen molar-refractivity contribution in [3.05, 3.63) is 54.4 Å². The monoisotopic (exact) mass is 383 g/mol. The first-order valence-electron chi connectivity index (χ1n) is 8.36. The van der Waals surface area contributed by atoms with Crippen LogP contribution in [0.25, 0.3) is 0 Å². The molecule has 0 aliphatic carbocycles. The molecule has 146 valence electrons. The maximum absolute atomic E-state index is 13.6. The number of para-hydroxylation sites is 1. The molecule has 0 fully saturated rings. The third-order valence-electron chi connectivity index (χ3n) is 3.98. The number of anilines is 1. The van der Waals surface area contributed by atoms with Gasteiger partial charge in [-0.3, -0.25) is 4.79 Å². The van der Waals surface area contributed by atoms with Gasteiger partial charge in [0.05, 0.1) is 11.6 Å². The summed E-state index contributed by atoms with van der Waals surface area (Å²) in [6.07, 6.45) is -3.54. The number of hydrogen-bond donors (Lipinski definition) is 3. The van der Waals surface area contributed by atoms with Gasteiger partial charge in [0.25, 0.3) is 0 Å². The highest BCUT2D eigenvalue weighted by Gasteiger charge is 2.44. The van der Waals surface area contributed by atoms with Crippen molar-refractivity contribution in [2.24, 2.45) is 0 Å². The quantitative estimate of drug-likeness (QED) is 0.474. The zero-order chi connectivity index (χ0) is 19.9. The third kappa shape index (κ3) is 5.77. The van der Waals surface area contributed by atoms with Crippen molar-refractivity contribution >= 4 is 17.7 Å². The Morgan fingerprint density at radius 3 is 2.37 bits per heavy atom. The predicted octanol–water partition coefficient (Wildman–Crippen LogP) is 4.09. The van der Waals surface area contributed by atoms with E-state index in [0.29, 0.717) is 18.5 Å². The highest BCUT2D eigenvalue weighted by Crippen LogP contribution is 2.33. The summed E-state index contributed by atoms with van der Waals surface area (Å²) in [6, 6.07) is 10.1. The maximum atomic E-state index is 13.6. The van der Waals surface area contributed by atoms with Crippen LogP contribution in [0.15, 0.2) is 48.7 Å². The van der Waals surface area contributed by atoms with Crippen LogP contribution in [0.3, 0.4) is 0 Å². The van der Waals surface area contributed by atoms with E-state index < -0.39 is 24.2 Å². The summed E-state index contributed by atoms with van der Waals surface area (Å²) in [5.74, 6) is -2.10. The maximum Gasteiger partial charge on any atom is 0.491 e. The van der Waals surface area contributed by atoms with E-state index in [2.05, 4.69) is 10.3 Å². The number of hydrogen-bond acceptors (Lipinski definition) is 2. The molecule has 1 aromatic heterocycles. The molecule has 1 aromatic carbocycles. The summed E-state index contributed by atoms with van der Waals surface area (Å²) in [7, 11) is 0. The van der Waals surface area contributed by atoms with E-state index in [0.717, 1.165) is 0 Å². The summed E-state index contributed by atoms with van der Waals surface area (Å²) in [5.41, 5.74) is 0.135. The molecule has 6 nitrogen and oxygen atoms in total. The van der Waals surface area contributed by atoms with Crippen molar-refractivity contribution in [1.82, 2.24) is 10.3 Å². The van der Waals surface area contributed by atoms with E-state index in [-0.39, 0.29) is 23.6 Å². The minimum absolute atomic E-state index is 0.145. The number of carbonyl (C=O) groups excluding carboxylic acids is 1. The second kappa shape index (κ2) is 9.11. The van der Waals surface area contributed by atoms with Crippen LogP contribution < -0.4 is 10.2 Å². The number of amides is 2. The first kappa shape index (κ1) is 20.3. The molecule has 9 heteroatoms. The molecule has 0 aliphatic rings. The Morgan fingerprint density at radius 1 is 1.11 bits per heavy atom. The van der Waals surface area contributed by atoms with Crippen LogP contribution in [-0.2, 0) is 4.79 Å². The molecule has 1 heterocycles. The number of benzene rings is 1. The van der Waals surface area contributed by atoms with Gasteiger partial charge < -0.3 is 15.4 Å². The predicted molar refractivity (Wildman–Crippen MR) is 93.4 cm³/mol. The molecular weight excluding hydrogens is 363 g/mol. The SMILES string of the molecule is O=C(O)NCCCCC(C(=O)N(c1ccccc1)C(F)(F)F)c1ccc[nH]1. The van der Waals surface area contributed by atoms with Gasteiger partial charge in [0.2, 0.25) is 5.91 Å². The fourth-order valence-corrected chi connectivity index (χ4v) is 2.77. The molecule has 0 spiro atoms. The van der Waals surface area contributed by atoms with E-state index >= 15 is 0 Å². The highest BCUT2D eigenvalue weighted by molar-refractivity contribution is 5.98. The Hall–Kier alpha value is -2.97. The molecular formula is C18H20F3N3O3. The van der Waals surface area contributed by atoms with Crippen molar-refractivity contribution in [3.63, 3.8) is 0 Å². The van der Waals surface area contributed by atoms with Gasteiger partial charge in [0, 0.05) is 18.4 Å². The number of alkyl halides is 3. The Kier molecular flexibility index (Phi) is 6.86. The van der Waals surface area contributed by atoms with E-state index in [4.69, 9.17) is 5.11 Å². The molecule has 0 saturated carbocycles. The average molecular weight is 383 g/mol. The number of nitrogens with zero attached hydrogens (tertiary/aromatic N) is 1. The van der Waals surface area contributed by atoms with Gasteiger partial charge in [-0.05, 0) is 37.1 Å². The number of H-pyrrole nitrogens is 1. The van der Waals surface area contributed by atoms with Gasteiger partial charge in [0.1, 0.15) is 0 Å². The number of unbranched alkanes of at least 4 members (excludes halogenated alkanes) is 1. The van der Waals surface area contributed by atoms with Gasteiger partial charge in [-0.25, -0.2) is 9.69 Å². The number of carbonyl (C=O) groups is 2. The molecule has 1 unspecified atom stereocenters. The minimum Gasteiger partial charge on any atom is -0.465 e. The van der Waals surface area contributed by atoms with Crippen molar-refractivity contribution in [2.45, 2.75) is 31.5 Å². The molecule has 2 rings (SSSR count). The van der Waals surface area contributed by atoms with Crippen molar-refractivity contribution in [2.75, 3.05) is 11.4 Å². The van der Waals surface area contributed by atoms with Gasteiger partial charge in [0.15, 0.2) is 0 Å². The highest BCUT2D eigenvalue weighted by atomic mass is 19.4. The Balaban J connectivity index is 2.19. The topological polar surface area (TPSA) is 85.4 Å². The largest absolute Gasteiger partial charge is 0.491 e. The molecule has 2 amide bonds. The molecule has 0 radical (unpaired) electrons. The fraction of sp³-hybridized carbons (Fsp3) is 0.333. The first-order chi connectivity index (χ1) is 12.8. The van der Waals surface area contributed by atoms with Crippen molar-refractivity contribution in [3.8, 4) is 0 Å². The van der Waals surface area contributed by atoms with Gasteiger partial charge >= 0.3 is 12.4 Å². The number of rotatable bonds is 8. The fourth-order valence-electron chi connectivity index (χ4n) is 2.77. The van der Waals surface area contributed by atoms with Crippen LogP contribution in [0.5, 0.6) is 0 Å². The van der Waals surface area contributed by atoms with Crippen LogP contribution in [0, 0.1) is 0 Å². The summed E-state index contributed by atoms with van der Waals surface area (Å²) >= 11 is 0. The molecule has 1 atom stereocenters. The Labute approximate surface area is 154 Å². The zero-order valence-corrected chi connectivity index (χ0v) is 14.4. The molecule has 0 aliphatic heterocycles. The lowest BCUT2D eigenvalue weighted by Gasteiger charge is -2.29. The van der Waals surface area contributed by atoms with Crippen molar-refractivity contribution < 1.29 is 27.9 Å². The minimum atomic E-state index is -4.87. The molecule has 2 aromatic rings. The summed E-state index contributed by atoms with van der Waals surface area (Å²) in [6.45, 7) is 0.169. The number of nitrogens with one attached hydrogen (secondary N) is 2. The van der Waals surface area contributed by atoms with Crippen LogP contribution in [0.2, 0.25) is 0 Å². The lowest BCUT2D eigenvalue weighted by atomic mass is 9.96. The van der Waals surface area contributed by atoms with Gasteiger partial charge in [-0.1, -0.05) is 24.6 Å². The van der Waals surface area contributed by atoms with E-state index in [1.54, 1.807) is 24.4 Å². The van der Waals surface area contributed by atoms with Crippen LogP contribution in [0.1, 0.15) is 30.9 Å². The van der Waals surface area contributed by atoms with Gasteiger partial charge in [-0.2, -0.15) is 0 Å². The number of aromatic amines is 1. The first-order valence-corrected chi connectivity index (χ1v) is 8.36. The number of aromatic nitrogens is 1. The second-order valence-corrected chi connectivity index (χ2v) is 5.88. The number of carboxylic acid groups (broad SMARTS) is 1. The average Bonchev–Trinajstić information content (AvgIpc) is 3.11. The smallest absolute Gasteiger partial charge is 0.465 e. The third-order valence-corrected chi connectivity index (χ3v) is 3.98. The zero-order valence-electron chi connectivity index (χ0n) is 14.4. The summed E-state index contributed by atoms with van der Waals surface area (Å²) < 4.78 is 40.8.